The molecule has 1 aromatic rings. The summed E-state index contributed by atoms with van der Waals surface area (Å²) in [6.07, 6.45) is 5.40. The van der Waals surface area contributed by atoms with Gasteiger partial charge in [0.05, 0.1) is 17.5 Å². The second-order valence-electron chi connectivity index (χ2n) is 5.01. The lowest BCUT2D eigenvalue weighted by Gasteiger charge is -2.15. The molecule has 2 aliphatic rings. The number of anilines is 1. The van der Waals surface area contributed by atoms with Crippen LogP contribution >= 0.6 is 0 Å². The molecule has 1 heterocycles. The molecule has 3 nitrogen and oxygen atoms in total. The molecule has 0 bridgehead atoms. The molecule has 0 spiro atoms. The third kappa shape index (κ3) is 1.58. The standard InChI is InChI=1S/C15H15NO2/c1-10-5-4-6-11(9-10)16-14(17)12-7-2-3-8-13(12)15(16)18/h2-6,9,12-13H,7-8H2,1H3/t12-,13+. The SMILES string of the molecule is Cc1cccc(N2C(=O)[C@H]3CC=CC[C@H]3C2=O)c1. The third-order valence-corrected chi connectivity index (χ3v) is 3.77. The van der Waals surface area contributed by atoms with Gasteiger partial charge in [-0.15, -0.1) is 0 Å². The number of hydrogen-bond acceptors (Lipinski definition) is 2. The average molecular weight is 241 g/mol. The molecular formula is C15H15NO2. The van der Waals surface area contributed by atoms with E-state index >= 15 is 0 Å². The molecule has 0 unspecified atom stereocenters. The zero-order valence-electron chi connectivity index (χ0n) is 10.3. The number of rotatable bonds is 1. The van der Waals surface area contributed by atoms with E-state index in [1.54, 1.807) is 0 Å². The minimum absolute atomic E-state index is 0.0417. The van der Waals surface area contributed by atoms with Gasteiger partial charge >= 0.3 is 0 Å². The lowest BCUT2D eigenvalue weighted by molar-refractivity contribution is -0.122. The first kappa shape index (κ1) is 11.2. The van der Waals surface area contributed by atoms with E-state index in [-0.39, 0.29) is 23.7 Å². The van der Waals surface area contributed by atoms with Crippen molar-refractivity contribution >= 4 is 17.5 Å². The largest absolute Gasteiger partial charge is 0.274 e. The highest BCUT2D eigenvalue weighted by Gasteiger charge is 2.47. The van der Waals surface area contributed by atoms with Gasteiger partial charge < -0.3 is 0 Å². The highest BCUT2D eigenvalue weighted by Crippen LogP contribution is 2.37. The summed E-state index contributed by atoms with van der Waals surface area (Å²) in [5.41, 5.74) is 1.76. The van der Waals surface area contributed by atoms with Crippen LogP contribution in [0.25, 0.3) is 0 Å². The van der Waals surface area contributed by atoms with E-state index in [0.717, 1.165) is 5.56 Å². The molecule has 3 heteroatoms. The molecule has 18 heavy (non-hydrogen) atoms. The van der Waals surface area contributed by atoms with Crippen LogP contribution in [-0.4, -0.2) is 11.8 Å². The van der Waals surface area contributed by atoms with Gasteiger partial charge in [0.25, 0.3) is 0 Å². The minimum Gasteiger partial charge on any atom is -0.274 e. The molecule has 1 aliphatic heterocycles. The van der Waals surface area contributed by atoms with Crippen LogP contribution in [-0.2, 0) is 9.59 Å². The smallest absolute Gasteiger partial charge is 0.238 e. The van der Waals surface area contributed by atoms with Gasteiger partial charge in [0.15, 0.2) is 0 Å². The van der Waals surface area contributed by atoms with E-state index in [4.69, 9.17) is 0 Å². The Hall–Kier alpha value is -1.90. The number of imide groups is 1. The van der Waals surface area contributed by atoms with Gasteiger partial charge in [-0.2, -0.15) is 0 Å². The fraction of sp³-hybridized carbons (Fsp3) is 0.333. The Morgan fingerprint density at radius 3 is 2.22 bits per heavy atom. The minimum atomic E-state index is -0.150. The topological polar surface area (TPSA) is 37.4 Å². The quantitative estimate of drug-likeness (QED) is 0.559. The maximum Gasteiger partial charge on any atom is 0.238 e. The van der Waals surface area contributed by atoms with Crippen LogP contribution < -0.4 is 4.90 Å². The van der Waals surface area contributed by atoms with Crippen molar-refractivity contribution < 1.29 is 9.59 Å². The molecular weight excluding hydrogens is 226 g/mol. The van der Waals surface area contributed by atoms with Gasteiger partial charge in [-0.05, 0) is 37.5 Å². The maximum atomic E-state index is 12.3. The van der Waals surface area contributed by atoms with E-state index in [0.29, 0.717) is 18.5 Å². The van der Waals surface area contributed by atoms with E-state index in [1.165, 1.54) is 4.90 Å². The Balaban J connectivity index is 1.99. The molecule has 1 fully saturated rings. The fourth-order valence-corrected chi connectivity index (χ4v) is 2.82. The van der Waals surface area contributed by atoms with E-state index in [1.807, 2.05) is 43.3 Å². The van der Waals surface area contributed by atoms with Crippen molar-refractivity contribution in [2.45, 2.75) is 19.8 Å². The number of benzene rings is 1. The molecule has 2 amide bonds. The molecule has 3 rings (SSSR count). The molecule has 1 aromatic carbocycles. The van der Waals surface area contributed by atoms with Crippen LogP contribution in [0.5, 0.6) is 0 Å². The van der Waals surface area contributed by atoms with Gasteiger partial charge in [-0.3, -0.25) is 14.5 Å². The van der Waals surface area contributed by atoms with Gasteiger partial charge in [0.1, 0.15) is 0 Å². The van der Waals surface area contributed by atoms with Crippen molar-refractivity contribution in [2.24, 2.45) is 11.8 Å². The number of hydrogen-bond donors (Lipinski definition) is 0. The second-order valence-corrected chi connectivity index (χ2v) is 5.01. The highest BCUT2D eigenvalue weighted by atomic mass is 16.2. The van der Waals surface area contributed by atoms with Crippen molar-refractivity contribution in [3.8, 4) is 0 Å². The van der Waals surface area contributed by atoms with E-state index in [9.17, 15) is 9.59 Å². The van der Waals surface area contributed by atoms with Gasteiger partial charge in [-0.1, -0.05) is 24.3 Å². The zero-order valence-corrected chi connectivity index (χ0v) is 10.3. The number of fused-ring (bicyclic) bond motifs is 1. The number of allylic oxidation sites excluding steroid dienone is 2. The molecule has 2 atom stereocenters. The number of carbonyl (C=O) groups is 2. The Morgan fingerprint density at radius 2 is 1.67 bits per heavy atom. The molecule has 0 N–H and O–H groups in total. The number of nitrogens with zero attached hydrogens (tertiary/aromatic N) is 1. The number of amides is 2. The second kappa shape index (κ2) is 4.09. The number of carbonyl (C=O) groups excluding carboxylic acids is 2. The molecule has 1 aliphatic carbocycles. The maximum absolute atomic E-state index is 12.3. The Bertz CT molecular complexity index is 521. The lowest BCUT2D eigenvalue weighted by Crippen LogP contribution is -2.30. The van der Waals surface area contributed by atoms with Crippen molar-refractivity contribution in [1.29, 1.82) is 0 Å². The molecule has 0 radical (unpaired) electrons. The Labute approximate surface area is 106 Å². The molecule has 0 aromatic heterocycles. The molecule has 1 saturated heterocycles. The summed E-state index contributed by atoms with van der Waals surface area (Å²) in [6.45, 7) is 1.96. The summed E-state index contributed by atoms with van der Waals surface area (Å²) >= 11 is 0. The van der Waals surface area contributed by atoms with Crippen molar-refractivity contribution in [1.82, 2.24) is 0 Å². The summed E-state index contributed by atoms with van der Waals surface area (Å²) in [6, 6.07) is 7.56. The average Bonchev–Trinajstić information content (AvgIpc) is 2.63. The van der Waals surface area contributed by atoms with Crippen LogP contribution in [0, 0.1) is 18.8 Å². The third-order valence-electron chi connectivity index (χ3n) is 3.77. The molecule has 0 saturated carbocycles. The first-order chi connectivity index (χ1) is 8.68. The van der Waals surface area contributed by atoms with Crippen LogP contribution in [0.4, 0.5) is 5.69 Å². The van der Waals surface area contributed by atoms with Crippen molar-refractivity contribution in [2.75, 3.05) is 4.90 Å². The fourth-order valence-electron chi connectivity index (χ4n) is 2.82. The van der Waals surface area contributed by atoms with Crippen LogP contribution in [0.15, 0.2) is 36.4 Å². The zero-order chi connectivity index (χ0) is 12.7. The van der Waals surface area contributed by atoms with Gasteiger partial charge in [0, 0.05) is 0 Å². The summed E-state index contributed by atoms with van der Waals surface area (Å²) in [7, 11) is 0. The van der Waals surface area contributed by atoms with E-state index in [2.05, 4.69) is 0 Å². The summed E-state index contributed by atoms with van der Waals surface area (Å²) in [5.74, 6) is -0.383. The van der Waals surface area contributed by atoms with Gasteiger partial charge in [-0.25, -0.2) is 0 Å². The predicted molar refractivity (Wildman–Crippen MR) is 69.0 cm³/mol. The Kier molecular flexibility index (Phi) is 2.54. The molecule has 92 valence electrons. The first-order valence-corrected chi connectivity index (χ1v) is 6.28. The van der Waals surface area contributed by atoms with Gasteiger partial charge in [0.2, 0.25) is 11.8 Å². The summed E-state index contributed by atoms with van der Waals surface area (Å²) < 4.78 is 0. The van der Waals surface area contributed by atoms with Crippen LogP contribution in [0.3, 0.4) is 0 Å². The summed E-state index contributed by atoms with van der Waals surface area (Å²) in [4.78, 5) is 26.0. The first-order valence-electron chi connectivity index (χ1n) is 6.28. The number of aryl methyl sites for hydroxylation is 1. The monoisotopic (exact) mass is 241 g/mol. The summed E-state index contributed by atoms with van der Waals surface area (Å²) in [5, 5.41) is 0. The Morgan fingerprint density at radius 1 is 1.06 bits per heavy atom. The van der Waals surface area contributed by atoms with E-state index < -0.39 is 0 Å². The highest BCUT2D eigenvalue weighted by molar-refractivity contribution is 6.22. The predicted octanol–water partition coefficient (Wildman–Crippen LogP) is 2.45. The van der Waals surface area contributed by atoms with Crippen molar-refractivity contribution in [3.05, 3.63) is 42.0 Å². The van der Waals surface area contributed by atoms with Crippen molar-refractivity contribution in [3.63, 3.8) is 0 Å². The normalized spacial score (nSPS) is 26.6. The lowest BCUT2D eigenvalue weighted by atomic mass is 9.85. The van der Waals surface area contributed by atoms with Crippen LogP contribution in [0.1, 0.15) is 18.4 Å². The van der Waals surface area contributed by atoms with Crippen LogP contribution in [0.2, 0.25) is 0 Å².